The van der Waals surface area contributed by atoms with Crippen molar-refractivity contribution >= 4 is 22.4 Å². The van der Waals surface area contributed by atoms with E-state index in [9.17, 15) is 4.79 Å². The molecule has 0 saturated carbocycles. The van der Waals surface area contributed by atoms with Gasteiger partial charge in [0.25, 0.3) is 0 Å². The van der Waals surface area contributed by atoms with Crippen molar-refractivity contribution in [2.45, 2.75) is 19.4 Å². The largest absolute Gasteiger partial charge is 0.384 e. The number of thiazole rings is 1. The molecular formula is C10H15N3O2S. The maximum atomic E-state index is 11.4. The van der Waals surface area contributed by atoms with Gasteiger partial charge in [-0.1, -0.05) is 0 Å². The first kappa shape index (κ1) is 11.5. The normalized spacial score (nSPS) is 14.6. The summed E-state index contributed by atoms with van der Waals surface area (Å²) in [6, 6.07) is 0. The molecular weight excluding hydrogens is 226 g/mol. The van der Waals surface area contributed by atoms with Gasteiger partial charge in [-0.15, -0.1) is 11.3 Å². The number of ether oxygens (including phenoxy) is 1. The van der Waals surface area contributed by atoms with Gasteiger partial charge >= 0.3 is 0 Å². The summed E-state index contributed by atoms with van der Waals surface area (Å²) in [6.45, 7) is 2.27. The van der Waals surface area contributed by atoms with E-state index in [0.717, 1.165) is 25.2 Å². The standard InChI is InChI=1S/C10H15N3O2S/c1-15-5-3-9(14)13-10-12-7-2-4-11-6-8(7)16-10/h11H,2-6H2,1H3,(H,12,13,14). The highest BCUT2D eigenvalue weighted by molar-refractivity contribution is 7.15. The minimum Gasteiger partial charge on any atom is -0.384 e. The summed E-state index contributed by atoms with van der Waals surface area (Å²) >= 11 is 1.55. The topological polar surface area (TPSA) is 63.2 Å². The lowest BCUT2D eigenvalue weighted by Crippen LogP contribution is -2.22. The zero-order valence-electron chi connectivity index (χ0n) is 9.21. The van der Waals surface area contributed by atoms with Crippen LogP contribution in [0.15, 0.2) is 0 Å². The average molecular weight is 241 g/mol. The molecule has 2 rings (SSSR count). The molecule has 2 N–H and O–H groups in total. The fraction of sp³-hybridized carbons (Fsp3) is 0.600. The van der Waals surface area contributed by atoms with Crippen LogP contribution >= 0.6 is 11.3 Å². The Morgan fingerprint density at radius 1 is 1.69 bits per heavy atom. The first-order chi connectivity index (χ1) is 7.79. The van der Waals surface area contributed by atoms with Gasteiger partial charge in [-0.3, -0.25) is 4.79 Å². The molecule has 1 aromatic heterocycles. The summed E-state index contributed by atoms with van der Waals surface area (Å²) in [4.78, 5) is 17.1. The van der Waals surface area contributed by atoms with Gasteiger partial charge in [0, 0.05) is 31.5 Å². The van der Waals surface area contributed by atoms with Gasteiger partial charge in [-0.05, 0) is 0 Å². The van der Waals surface area contributed by atoms with Crippen LogP contribution in [0.25, 0.3) is 0 Å². The van der Waals surface area contributed by atoms with E-state index in [1.807, 2.05) is 0 Å². The van der Waals surface area contributed by atoms with E-state index in [1.54, 1.807) is 18.4 Å². The van der Waals surface area contributed by atoms with Gasteiger partial charge in [0.2, 0.25) is 5.91 Å². The molecule has 0 aromatic carbocycles. The molecule has 2 heterocycles. The number of aromatic nitrogens is 1. The van der Waals surface area contributed by atoms with E-state index < -0.39 is 0 Å². The number of methoxy groups -OCH3 is 1. The molecule has 0 atom stereocenters. The third-order valence-corrected chi connectivity index (χ3v) is 3.40. The van der Waals surface area contributed by atoms with Crippen molar-refractivity contribution < 1.29 is 9.53 Å². The Morgan fingerprint density at radius 3 is 3.31 bits per heavy atom. The van der Waals surface area contributed by atoms with Crippen molar-refractivity contribution in [3.05, 3.63) is 10.6 Å². The van der Waals surface area contributed by atoms with Crippen LogP contribution in [-0.2, 0) is 22.5 Å². The van der Waals surface area contributed by atoms with Crippen molar-refractivity contribution in [1.29, 1.82) is 0 Å². The molecule has 0 spiro atoms. The Hall–Kier alpha value is -0.980. The Kier molecular flexibility index (Phi) is 3.87. The van der Waals surface area contributed by atoms with Gasteiger partial charge in [0.1, 0.15) is 0 Å². The summed E-state index contributed by atoms with van der Waals surface area (Å²) in [5.41, 5.74) is 1.12. The van der Waals surface area contributed by atoms with E-state index in [4.69, 9.17) is 4.74 Å². The van der Waals surface area contributed by atoms with Crippen LogP contribution < -0.4 is 10.6 Å². The Balaban J connectivity index is 1.94. The zero-order chi connectivity index (χ0) is 11.4. The molecule has 0 radical (unpaired) electrons. The lowest BCUT2D eigenvalue weighted by Gasteiger charge is -2.09. The van der Waals surface area contributed by atoms with E-state index in [-0.39, 0.29) is 5.91 Å². The number of hydrogen-bond acceptors (Lipinski definition) is 5. The lowest BCUT2D eigenvalue weighted by atomic mass is 10.2. The van der Waals surface area contributed by atoms with Crippen molar-refractivity contribution in [2.24, 2.45) is 0 Å². The second kappa shape index (κ2) is 5.38. The molecule has 0 saturated heterocycles. The van der Waals surface area contributed by atoms with Gasteiger partial charge < -0.3 is 15.4 Å². The molecule has 88 valence electrons. The lowest BCUT2D eigenvalue weighted by molar-refractivity contribution is -0.117. The highest BCUT2D eigenvalue weighted by Crippen LogP contribution is 2.25. The monoisotopic (exact) mass is 241 g/mol. The molecule has 1 aromatic rings. The zero-order valence-corrected chi connectivity index (χ0v) is 10.0. The maximum absolute atomic E-state index is 11.4. The van der Waals surface area contributed by atoms with Crippen molar-refractivity contribution in [2.75, 3.05) is 25.6 Å². The first-order valence-corrected chi connectivity index (χ1v) is 6.09. The predicted octanol–water partition coefficient (Wildman–Crippen LogP) is 0.764. The predicted molar refractivity (Wildman–Crippen MR) is 62.6 cm³/mol. The van der Waals surface area contributed by atoms with Crippen LogP contribution in [0.4, 0.5) is 5.13 Å². The number of carbonyl (C=O) groups excluding carboxylic acids is 1. The second-order valence-electron chi connectivity index (χ2n) is 3.61. The Labute approximate surface area is 98.2 Å². The molecule has 1 aliphatic heterocycles. The Bertz CT molecular complexity index is 355. The SMILES string of the molecule is COCCC(=O)Nc1nc2c(s1)CNCC2. The molecule has 1 amide bonds. The summed E-state index contributed by atoms with van der Waals surface area (Å²) < 4.78 is 4.84. The van der Waals surface area contributed by atoms with E-state index in [1.165, 1.54) is 4.88 Å². The second-order valence-corrected chi connectivity index (χ2v) is 4.69. The molecule has 6 heteroatoms. The number of anilines is 1. The fourth-order valence-electron chi connectivity index (χ4n) is 1.56. The molecule has 0 unspecified atom stereocenters. The molecule has 1 aliphatic rings. The fourth-order valence-corrected chi connectivity index (χ4v) is 2.55. The van der Waals surface area contributed by atoms with Gasteiger partial charge in [-0.25, -0.2) is 4.98 Å². The molecule has 0 aliphatic carbocycles. The van der Waals surface area contributed by atoms with Crippen LogP contribution in [-0.4, -0.2) is 31.2 Å². The Morgan fingerprint density at radius 2 is 2.56 bits per heavy atom. The molecule has 0 bridgehead atoms. The minimum atomic E-state index is -0.0408. The third kappa shape index (κ3) is 2.78. The number of rotatable bonds is 4. The van der Waals surface area contributed by atoms with Crippen molar-refractivity contribution in [3.63, 3.8) is 0 Å². The van der Waals surface area contributed by atoms with Gasteiger partial charge in [0.15, 0.2) is 5.13 Å². The summed E-state index contributed by atoms with van der Waals surface area (Å²) in [6.07, 6.45) is 1.32. The quantitative estimate of drug-likeness (QED) is 0.817. The van der Waals surface area contributed by atoms with E-state index in [2.05, 4.69) is 15.6 Å². The molecule has 0 fully saturated rings. The summed E-state index contributed by atoms with van der Waals surface area (Å²) in [7, 11) is 1.58. The summed E-state index contributed by atoms with van der Waals surface area (Å²) in [5.74, 6) is -0.0408. The third-order valence-electron chi connectivity index (χ3n) is 2.38. The van der Waals surface area contributed by atoms with Gasteiger partial charge in [0.05, 0.1) is 18.7 Å². The molecule has 5 nitrogen and oxygen atoms in total. The van der Waals surface area contributed by atoms with E-state index in [0.29, 0.717) is 18.2 Å². The first-order valence-electron chi connectivity index (χ1n) is 5.27. The molecule has 16 heavy (non-hydrogen) atoms. The highest BCUT2D eigenvalue weighted by Gasteiger charge is 2.15. The number of amides is 1. The van der Waals surface area contributed by atoms with Crippen molar-refractivity contribution in [1.82, 2.24) is 10.3 Å². The van der Waals surface area contributed by atoms with Gasteiger partial charge in [-0.2, -0.15) is 0 Å². The number of nitrogens with one attached hydrogen (secondary N) is 2. The van der Waals surface area contributed by atoms with Crippen LogP contribution in [0.5, 0.6) is 0 Å². The number of carbonyl (C=O) groups is 1. The maximum Gasteiger partial charge on any atom is 0.228 e. The van der Waals surface area contributed by atoms with Crippen LogP contribution in [0.2, 0.25) is 0 Å². The van der Waals surface area contributed by atoms with Crippen LogP contribution in [0, 0.1) is 0 Å². The summed E-state index contributed by atoms with van der Waals surface area (Å²) in [5, 5.41) is 6.78. The van der Waals surface area contributed by atoms with Crippen LogP contribution in [0.3, 0.4) is 0 Å². The van der Waals surface area contributed by atoms with Crippen molar-refractivity contribution in [3.8, 4) is 0 Å². The minimum absolute atomic E-state index is 0.0408. The smallest absolute Gasteiger partial charge is 0.228 e. The highest BCUT2D eigenvalue weighted by atomic mass is 32.1. The number of fused-ring (bicyclic) bond motifs is 1. The average Bonchev–Trinajstić information content (AvgIpc) is 2.68. The number of hydrogen-bond donors (Lipinski definition) is 2. The van der Waals surface area contributed by atoms with Crippen LogP contribution in [0.1, 0.15) is 17.0 Å². The van der Waals surface area contributed by atoms with E-state index >= 15 is 0 Å². The number of nitrogens with zero attached hydrogens (tertiary/aromatic N) is 1.